The summed E-state index contributed by atoms with van der Waals surface area (Å²) >= 11 is 0. The zero-order chi connectivity index (χ0) is 15.8. The molecule has 0 aliphatic carbocycles. The Kier molecular flexibility index (Phi) is 3.75. The minimum atomic E-state index is -4.75. The number of aromatic nitrogens is 2. The number of aromatic amines is 2. The molecule has 1 aromatic carbocycles. The SMILES string of the molecule is CC(NC(=O)C(F)(F)C(F)F)c1ccc2[nH]c(=O)[nH]c2c1. The van der Waals surface area contributed by atoms with Crippen LogP contribution in [0.1, 0.15) is 18.5 Å². The Morgan fingerprint density at radius 2 is 1.86 bits per heavy atom. The Bertz CT molecular complexity index is 723. The Morgan fingerprint density at radius 1 is 1.24 bits per heavy atom. The maximum Gasteiger partial charge on any atom is 0.383 e. The average Bonchev–Trinajstić information content (AvgIpc) is 2.77. The molecule has 2 rings (SSSR count). The van der Waals surface area contributed by atoms with Gasteiger partial charge in [0.1, 0.15) is 0 Å². The highest BCUT2D eigenvalue weighted by Gasteiger charge is 2.49. The normalized spacial score (nSPS) is 13.6. The summed E-state index contributed by atoms with van der Waals surface area (Å²) in [4.78, 5) is 27.2. The molecule has 0 aliphatic heterocycles. The van der Waals surface area contributed by atoms with Crippen LogP contribution >= 0.6 is 0 Å². The van der Waals surface area contributed by atoms with E-state index in [9.17, 15) is 27.2 Å². The highest BCUT2D eigenvalue weighted by atomic mass is 19.3. The second kappa shape index (κ2) is 5.23. The van der Waals surface area contributed by atoms with Crippen LogP contribution in [0.15, 0.2) is 23.0 Å². The van der Waals surface area contributed by atoms with Crippen molar-refractivity contribution in [2.24, 2.45) is 0 Å². The third kappa shape index (κ3) is 2.91. The predicted octanol–water partition coefficient (Wildman–Crippen LogP) is 1.93. The third-order valence-corrected chi connectivity index (χ3v) is 2.96. The molecular weight excluding hydrogens is 294 g/mol. The molecule has 0 spiro atoms. The first-order chi connectivity index (χ1) is 9.71. The highest BCUT2D eigenvalue weighted by molar-refractivity contribution is 5.84. The number of amides is 1. The fraction of sp³-hybridized carbons (Fsp3) is 0.333. The fourth-order valence-corrected chi connectivity index (χ4v) is 1.79. The van der Waals surface area contributed by atoms with Crippen LogP contribution in [-0.2, 0) is 4.79 Å². The van der Waals surface area contributed by atoms with E-state index in [-0.39, 0.29) is 0 Å². The van der Waals surface area contributed by atoms with Gasteiger partial charge in [-0.25, -0.2) is 13.6 Å². The summed E-state index contributed by atoms with van der Waals surface area (Å²) in [6, 6.07) is 3.53. The second-order valence-electron chi connectivity index (χ2n) is 4.50. The van der Waals surface area contributed by atoms with Crippen LogP contribution in [0.3, 0.4) is 0 Å². The van der Waals surface area contributed by atoms with Crippen molar-refractivity contribution >= 4 is 16.9 Å². The number of rotatable bonds is 4. The molecule has 0 saturated carbocycles. The molecule has 9 heteroatoms. The molecule has 1 atom stereocenters. The lowest BCUT2D eigenvalue weighted by atomic mass is 10.1. The molecule has 1 unspecified atom stereocenters. The molecule has 3 N–H and O–H groups in total. The standard InChI is InChI=1S/C12H11F4N3O2/c1-5(17-10(20)12(15,16)9(13)14)6-2-3-7-8(4-6)19-11(21)18-7/h2-5,9H,1H3,(H,17,20)(H2,18,19,21). The summed E-state index contributed by atoms with van der Waals surface area (Å²) < 4.78 is 49.9. The molecule has 0 radical (unpaired) electrons. The van der Waals surface area contributed by atoms with Crippen molar-refractivity contribution < 1.29 is 22.4 Å². The smallest absolute Gasteiger partial charge is 0.344 e. The highest BCUT2D eigenvalue weighted by Crippen LogP contribution is 2.25. The van der Waals surface area contributed by atoms with Gasteiger partial charge in [0, 0.05) is 0 Å². The first kappa shape index (κ1) is 15.1. The first-order valence-corrected chi connectivity index (χ1v) is 5.90. The summed E-state index contributed by atoms with van der Waals surface area (Å²) in [6.45, 7) is 1.37. The largest absolute Gasteiger partial charge is 0.383 e. The van der Waals surface area contributed by atoms with Crippen LogP contribution < -0.4 is 11.0 Å². The summed E-state index contributed by atoms with van der Waals surface area (Å²) in [7, 11) is 0. The summed E-state index contributed by atoms with van der Waals surface area (Å²) in [5, 5.41) is 1.82. The number of hydrogen-bond donors (Lipinski definition) is 3. The molecule has 114 valence electrons. The summed E-state index contributed by atoms with van der Waals surface area (Å²) in [6.07, 6.45) is -4.08. The first-order valence-electron chi connectivity index (χ1n) is 5.90. The fourth-order valence-electron chi connectivity index (χ4n) is 1.79. The number of fused-ring (bicyclic) bond motifs is 1. The van der Waals surface area contributed by atoms with E-state index in [4.69, 9.17) is 0 Å². The Morgan fingerprint density at radius 3 is 2.48 bits per heavy atom. The second-order valence-corrected chi connectivity index (χ2v) is 4.50. The van der Waals surface area contributed by atoms with Crippen LogP contribution in [0.5, 0.6) is 0 Å². The van der Waals surface area contributed by atoms with Gasteiger partial charge in [0.25, 0.3) is 5.91 Å². The number of carbonyl (C=O) groups excluding carboxylic acids is 1. The maximum atomic E-state index is 12.9. The van der Waals surface area contributed by atoms with Crippen molar-refractivity contribution in [2.45, 2.75) is 25.3 Å². The van der Waals surface area contributed by atoms with E-state index in [1.54, 1.807) is 0 Å². The monoisotopic (exact) mass is 305 g/mol. The topological polar surface area (TPSA) is 77.8 Å². The summed E-state index contributed by atoms with van der Waals surface area (Å²) in [5.41, 5.74) is 0.860. The van der Waals surface area contributed by atoms with Gasteiger partial charge < -0.3 is 15.3 Å². The van der Waals surface area contributed by atoms with Gasteiger partial charge in [0.2, 0.25) is 0 Å². The zero-order valence-corrected chi connectivity index (χ0v) is 10.7. The Labute approximate surface area is 115 Å². The number of hydrogen-bond acceptors (Lipinski definition) is 2. The molecule has 1 amide bonds. The van der Waals surface area contributed by atoms with Gasteiger partial charge in [0.15, 0.2) is 0 Å². The van der Waals surface area contributed by atoms with Gasteiger partial charge in [-0.15, -0.1) is 0 Å². The van der Waals surface area contributed by atoms with Gasteiger partial charge in [-0.05, 0) is 24.6 Å². The number of carbonyl (C=O) groups is 1. The van der Waals surface area contributed by atoms with Crippen LogP contribution in [-0.4, -0.2) is 28.2 Å². The molecule has 0 bridgehead atoms. The lowest BCUT2D eigenvalue weighted by molar-refractivity contribution is -0.170. The molecular formula is C12H11F4N3O2. The van der Waals surface area contributed by atoms with E-state index in [1.807, 2.05) is 5.32 Å². The van der Waals surface area contributed by atoms with Crippen molar-refractivity contribution in [3.05, 3.63) is 34.2 Å². The molecule has 21 heavy (non-hydrogen) atoms. The van der Waals surface area contributed by atoms with Crippen molar-refractivity contribution in [3.8, 4) is 0 Å². The van der Waals surface area contributed by atoms with E-state index in [2.05, 4.69) is 9.97 Å². The molecule has 0 fully saturated rings. The Balaban J connectivity index is 2.20. The third-order valence-electron chi connectivity index (χ3n) is 2.96. The van der Waals surface area contributed by atoms with Gasteiger partial charge in [0.05, 0.1) is 17.1 Å². The van der Waals surface area contributed by atoms with Crippen molar-refractivity contribution in [1.82, 2.24) is 15.3 Å². The van der Waals surface area contributed by atoms with Crippen LogP contribution in [0.2, 0.25) is 0 Å². The number of halogens is 4. The molecule has 2 aromatic rings. The van der Waals surface area contributed by atoms with Gasteiger partial charge in [-0.1, -0.05) is 6.07 Å². The zero-order valence-electron chi connectivity index (χ0n) is 10.7. The number of benzene rings is 1. The van der Waals surface area contributed by atoms with Crippen LogP contribution in [0.25, 0.3) is 11.0 Å². The van der Waals surface area contributed by atoms with E-state index < -0.39 is 30.0 Å². The average molecular weight is 305 g/mol. The number of alkyl halides is 4. The maximum absolute atomic E-state index is 12.9. The molecule has 5 nitrogen and oxygen atoms in total. The molecule has 1 aromatic heterocycles. The number of imidazole rings is 1. The van der Waals surface area contributed by atoms with Crippen LogP contribution in [0.4, 0.5) is 17.6 Å². The van der Waals surface area contributed by atoms with E-state index in [0.29, 0.717) is 16.6 Å². The molecule has 1 heterocycles. The van der Waals surface area contributed by atoms with E-state index >= 15 is 0 Å². The minimum absolute atomic E-state index is 0.385. The van der Waals surface area contributed by atoms with Crippen molar-refractivity contribution in [1.29, 1.82) is 0 Å². The summed E-state index contributed by atoms with van der Waals surface area (Å²) in [5.74, 6) is -6.80. The minimum Gasteiger partial charge on any atom is -0.344 e. The van der Waals surface area contributed by atoms with Gasteiger partial charge >= 0.3 is 18.0 Å². The van der Waals surface area contributed by atoms with Crippen LogP contribution in [0, 0.1) is 0 Å². The predicted molar refractivity (Wildman–Crippen MR) is 66.4 cm³/mol. The molecule has 0 aliphatic rings. The van der Waals surface area contributed by atoms with Gasteiger partial charge in [-0.3, -0.25) is 4.79 Å². The quantitative estimate of drug-likeness (QED) is 0.755. The number of nitrogens with one attached hydrogen (secondary N) is 3. The van der Waals surface area contributed by atoms with Crippen molar-refractivity contribution in [3.63, 3.8) is 0 Å². The van der Waals surface area contributed by atoms with E-state index in [0.717, 1.165) is 0 Å². The Hall–Kier alpha value is -2.32. The lowest BCUT2D eigenvalue weighted by Crippen LogP contribution is -2.45. The van der Waals surface area contributed by atoms with Gasteiger partial charge in [-0.2, -0.15) is 8.78 Å². The van der Waals surface area contributed by atoms with Crippen molar-refractivity contribution in [2.75, 3.05) is 0 Å². The number of H-pyrrole nitrogens is 2. The molecule has 0 saturated heterocycles. The lowest BCUT2D eigenvalue weighted by Gasteiger charge is -2.19. The van der Waals surface area contributed by atoms with E-state index in [1.165, 1.54) is 25.1 Å².